The Bertz CT molecular complexity index is 482. The average molecular weight is 295 g/mol. The number of oxazole rings is 1. The van der Waals surface area contributed by atoms with Crippen molar-refractivity contribution in [2.75, 3.05) is 6.54 Å². The fraction of sp³-hybridized carbons (Fsp3) is 0.308. The number of nitrogens with one attached hydrogen (secondary N) is 1. The van der Waals surface area contributed by atoms with Gasteiger partial charge in [-0.1, -0.05) is 41.1 Å². The van der Waals surface area contributed by atoms with Crippen molar-refractivity contribution in [1.82, 2.24) is 10.3 Å². The molecule has 0 aliphatic carbocycles. The van der Waals surface area contributed by atoms with E-state index in [0.717, 1.165) is 34.7 Å². The van der Waals surface area contributed by atoms with Crippen molar-refractivity contribution >= 4 is 15.9 Å². The predicted molar refractivity (Wildman–Crippen MR) is 71.6 cm³/mol. The molecule has 0 saturated carbocycles. The Morgan fingerprint density at radius 1 is 1.35 bits per heavy atom. The molecule has 1 N–H and O–H groups in total. The summed E-state index contributed by atoms with van der Waals surface area (Å²) >= 11 is 3.50. The summed E-state index contributed by atoms with van der Waals surface area (Å²) in [5, 5.41) is 3.26. The molecule has 1 heterocycles. The first kappa shape index (κ1) is 12.3. The largest absolute Gasteiger partial charge is 0.439 e. The normalized spacial score (nSPS) is 10.7. The maximum atomic E-state index is 5.69. The summed E-state index contributed by atoms with van der Waals surface area (Å²) in [6, 6.07) is 7.96. The minimum Gasteiger partial charge on any atom is -0.439 e. The number of hydrogen-bond acceptors (Lipinski definition) is 3. The molecule has 0 spiro atoms. The van der Waals surface area contributed by atoms with Crippen LogP contribution in [0.2, 0.25) is 0 Å². The molecule has 0 bridgehead atoms. The molecule has 17 heavy (non-hydrogen) atoms. The Morgan fingerprint density at radius 2 is 2.18 bits per heavy atom. The molecule has 0 saturated heterocycles. The molecule has 0 aliphatic rings. The van der Waals surface area contributed by atoms with Crippen molar-refractivity contribution in [3.63, 3.8) is 0 Å². The highest BCUT2D eigenvalue weighted by atomic mass is 79.9. The monoisotopic (exact) mass is 294 g/mol. The summed E-state index contributed by atoms with van der Waals surface area (Å²) < 4.78 is 6.71. The van der Waals surface area contributed by atoms with Gasteiger partial charge in [-0.2, -0.15) is 0 Å². The summed E-state index contributed by atoms with van der Waals surface area (Å²) in [7, 11) is 0. The van der Waals surface area contributed by atoms with E-state index in [9.17, 15) is 0 Å². The zero-order valence-corrected chi connectivity index (χ0v) is 11.3. The van der Waals surface area contributed by atoms with Crippen LogP contribution >= 0.6 is 15.9 Å². The molecule has 0 fully saturated rings. The van der Waals surface area contributed by atoms with Crippen LogP contribution in [-0.4, -0.2) is 11.5 Å². The first-order valence-electron chi connectivity index (χ1n) is 5.71. The second-order valence-electron chi connectivity index (χ2n) is 3.77. The summed E-state index contributed by atoms with van der Waals surface area (Å²) in [5.74, 6) is 1.52. The van der Waals surface area contributed by atoms with Gasteiger partial charge in [-0.25, -0.2) is 4.98 Å². The van der Waals surface area contributed by atoms with Gasteiger partial charge in [0.25, 0.3) is 0 Å². The summed E-state index contributed by atoms with van der Waals surface area (Å²) in [5.41, 5.74) is 1.03. The second-order valence-corrected chi connectivity index (χ2v) is 4.63. The number of aromatic nitrogens is 1. The van der Waals surface area contributed by atoms with E-state index in [1.54, 1.807) is 6.20 Å². The Labute approximate surface area is 109 Å². The van der Waals surface area contributed by atoms with Gasteiger partial charge in [0.15, 0.2) is 5.76 Å². The molecule has 1 aromatic carbocycles. The molecular weight excluding hydrogens is 280 g/mol. The first-order valence-corrected chi connectivity index (χ1v) is 6.51. The summed E-state index contributed by atoms with van der Waals surface area (Å²) in [4.78, 5) is 4.26. The van der Waals surface area contributed by atoms with E-state index in [2.05, 4.69) is 33.2 Å². The Hall–Kier alpha value is -1.13. The molecule has 0 radical (unpaired) electrons. The van der Waals surface area contributed by atoms with E-state index in [0.29, 0.717) is 6.54 Å². The lowest BCUT2D eigenvalue weighted by molar-refractivity contribution is 0.477. The van der Waals surface area contributed by atoms with Crippen molar-refractivity contribution < 1.29 is 4.42 Å². The Morgan fingerprint density at radius 3 is 2.94 bits per heavy atom. The molecule has 0 amide bonds. The quantitative estimate of drug-likeness (QED) is 0.856. The number of hydrogen-bond donors (Lipinski definition) is 1. The molecule has 4 heteroatoms. The van der Waals surface area contributed by atoms with Crippen molar-refractivity contribution in [1.29, 1.82) is 0 Å². The highest BCUT2D eigenvalue weighted by Gasteiger charge is 2.08. The highest BCUT2D eigenvalue weighted by Crippen LogP contribution is 2.28. The third-order valence-electron chi connectivity index (χ3n) is 2.40. The van der Waals surface area contributed by atoms with Gasteiger partial charge in [-0.05, 0) is 19.0 Å². The van der Waals surface area contributed by atoms with Crippen LogP contribution in [0.5, 0.6) is 0 Å². The minimum absolute atomic E-state index is 0.679. The second kappa shape index (κ2) is 5.98. The van der Waals surface area contributed by atoms with E-state index < -0.39 is 0 Å². The Kier molecular flexibility index (Phi) is 4.34. The zero-order valence-electron chi connectivity index (χ0n) is 9.74. The molecule has 2 aromatic rings. The van der Waals surface area contributed by atoms with Crippen LogP contribution in [0.4, 0.5) is 0 Å². The Balaban J connectivity index is 2.10. The molecule has 3 nitrogen and oxygen atoms in total. The molecule has 1 aromatic heterocycles. The lowest BCUT2D eigenvalue weighted by Crippen LogP contribution is -2.13. The van der Waals surface area contributed by atoms with Crippen LogP contribution in [-0.2, 0) is 6.54 Å². The molecule has 0 unspecified atom stereocenters. The van der Waals surface area contributed by atoms with Gasteiger partial charge in [0.2, 0.25) is 5.89 Å². The average Bonchev–Trinajstić information content (AvgIpc) is 2.79. The van der Waals surface area contributed by atoms with Crippen LogP contribution in [0.1, 0.15) is 19.2 Å². The van der Waals surface area contributed by atoms with Gasteiger partial charge in [0.1, 0.15) is 0 Å². The summed E-state index contributed by atoms with van der Waals surface area (Å²) in [6.07, 6.45) is 2.88. The third-order valence-corrected chi connectivity index (χ3v) is 3.09. The number of nitrogens with zero attached hydrogens (tertiary/aromatic N) is 1. The lowest BCUT2D eigenvalue weighted by atomic mass is 10.2. The first-order chi connectivity index (χ1) is 8.31. The number of halogens is 1. The smallest absolute Gasteiger partial charge is 0.208 e. The third kappa shape index (κ3) is 3.17. The van der Waals surface area contributed by atoms with Gasteiger partial charge in [-0.3, -0.25) is 0 Å². The van der Waals surface area contributed by atoms with Crippen molar-refractivity contribution in [3.8, 4) is 11.3 Å². The van der Waals surface area contributed by atoms with E-state index >= 15 is 0 Å². The van der Waals surface area contributed by atoms with E-state index in [-0.39, 0.29) is 0 Å². The van der Waals surface area contributed by atoms with E-state index in [1.165, 1.54) is 0 Å². The lowest BCUT2D eigenvalue weighted by Gasteiger charge is -2.00. The molecule has 90 valence electrons. The van der Waals surface area contributed by atoms with Crippen LogP contribution < -0.4 is 5.32 Å². The van der Waals surface area contributed by atoms with E-state index in [4.69, 9.17) is 4.42 Å². The predicted octanol–water partition coefficient (Wildman–Crippen LogP) is 3.60. The highest BCUT2D eigenvalue weighted by molar-refractivity contribution is 9.10. The van der Waals surface area contributed by atoms with Crippen LogP contribution in [0.25, 0.3) is 11.3 Å². The molecule has 0 aliphatic heterocycles. The van der Waals surface area contributed by atoms with Gasteiger partial charge in [0.05, 0.1) is 12.7 Å². The van der Waals surface area contributed by atoms with Crippen LogP contribution in [0.3, 0.4) is 0 Å². The van der Waals surface area contributed by atoms with Gasteiger partial charge in [-0.15, -0.1) is 0 Å². The maximum Gasteiger partial charge on any atom is 0.208 e. The van der Waals surface area contributed by atoms with Gasteiger partial charge in [0, 0.05) is 10.0 Å². The standard InChI is InChI=1S/C13H15BrN2O/c1-2-7-15-9-13-16-8-12(17-13)10-5-3-4-6-11(10)14/h3-6,8,15H,2,7,9H2,1H3. The minimum atomic E-state index is 0.679. The SMILES string of the molecule is CCCNCc1ncc(-c2ccccc2Br)o1. The number of benzene rings is 1. The zero-order chi connectivity index (χ0) is 12.1. The molecular formula is C13H15BrN2O. The molecule has 2 rings (SSSR count). The topological polar surface area (TPSA) is 38.1 Å². The van der Waals surface area contributed by atoms with Gasteiger partial charge < -0.3 is 9.73 Å². The van der Waals surface area contributed by atoms with Crippen molar-refractivity contribution in [2.24, 2.45) is 0 Å². The van der Waals surface area contributed by atoms with Crippen LogP contribution in [0.15, 0.2) is 39.4 Å². The van der Waals surface area contributed by atoms with Crippen molar-refractivity contribution in [3.05, 3.63) is 40.8 Å². The van der Waals surface area contributed by atoms with Crippen LogP contribution in [0, 0.1) is 0 Å². The number of rotatable bonds is 5. The van der Waals surface area contributed by atoms with E-state index in [1.807, 2.05) is 24.3 Å². The maximum absolute atomic E-state index is 5.69. The summed E-state index contributed by atoms with van der Waals surface area (Å²) in [6.45, 7) is 3.79. The van der Waals surface area contributed by atoms with Gasteiger partial charge >= 0.3 is 0 Å². The molecule has 0 atom stereocenters. The fourth-order valence-corrected chi connectivity index (χ4v) is 2.03. The fourth-order valence-electron chi connectivity index (χ4n) is 1.55. The van der Waals surface area contributed by atoms with Crippen molar-refractivity contribution in [2.45, 2.75) is 19.9 Å².